The Morgan fingerprint density at radius 1 is 1.15 bits per heavy atom. The number of fused-ring (bicyclic) bond motifs is 1. The standard InChI is InChI=1S/C21H20N4O2/c1-3-27-16-10-8-15(9-11-16)19-12-21(25(24-19)14(2)26)20-13-22-17-6-4-5-7-18(17)23-20/h4-11,13,21H,3,12H2,1-2H3. The van der Waals surface area contributed by atoms with E-state index in [1.807, 2.05) is 55.5 Å². The van der Waals surface area contributed by atoms with Gasteiger partial charge in [-0.3, -0.25) is 9.78 Å². The molecule has 0 bridgehead atoms. The Balaban J connectivity index is 1.65. The maximum Gasteiger partial charge on any atom is 0.240 e. The van der Waals surface area contributed by atoms with Crippen LogP contribution in [0.1, 0.15) is 37.6 Å². The molecule has 1 amide bonds. The van der Waals surface area contributed by atoms with Gasteiger partial charge in [0.25, 0.3) is 0 Å². The molecule has 0 fully saturated rings. The summed E-state index contributed by atoms with van der Waals surface area (Å²) in [5.41, 5.74) is 4.22. The van der Waals surface area contributed by atoms with Crippen molar-refractivity contribution >= 4 is 22.7 Å². The van der Waals surface area contributed by atoms with Crippen molar-refractivity contribution < 1.29 is 9.53 Å². The number of carbonyl (C=O) groups is 1. The molecule has 1 aromatic heterocycles. The van der Waals surface area contributed by atoms with E-state index in [4.69, 9.17) is 9.72 Å². The maximum absolute atomic E-state index is 12.2. The van der Waals surface area contributed by atoms with Crippen LogP contribution in [0.15, 0.2) is 59.8 Å². The van der Waals surface area contributed by atoms with Crippen LogP contribution in [-0.2, 0) is 4.79 Å². The number of hydrogen-bond acceptors (Lipinski definition) is 5. The van der Waals surface area contributed by atoms with E-state index in [1.165, 1.54) is 11.9 Å². The highest BCUT2D eigenvalue weighted by Gasteiger charge is 2.32. The van der Waals surface area contributed by atoms with E-state index in [9.17, 15) is 4.79 Å². The number of benzene rings is 2. The fourth-order valence-corrected chi connectivity index (χ4v) is 3.25. The Kier molecular flexibility index (Phi) is 4.54. The third-order valence-electron chi connectivity index (χ3n) is 4.54. The van der Waals surface area contributed by atoms with E-state index < -0.39 is 0 Å². The second-order valence-corrected chi connectivity index (χ2v) is 6.37. The smallest absolute Gasteiger partial charge is 0.240 e. The minimum absolute atomic E-state index is 0.115. The highest BCUT2D eigenvalue weighted by molar-refractivity contribution is 6.03. The quantitative estimate of drug-likeness (QED) is 0.711. The van der Waals surface area contributed by atoms with Gasteiger partial charge in [0.05, 0.1) is 35.2 Å². The molecule has 1 unspecified atom stereocenters. The Morgan fingerprint density at radius 3 is 2.59 bits per heavy atom. The average Bonchev–Trinajstić information content (AvgIpc) is 3.14. The summed E-state index contributed by atoms with van der Waals surface area (Å²) in [7, 11) is 0. The Hall–Kier alpha value is -3.28. The molecule has 1 aliphatic rings. The molecular formula is C21H20N4O2. The number of nitrogens with zero attached hydrogens (tertiary/aromatic N) is 4. The number of rotatable bonds is 4. The minimum Gasteiger partial charge on any atom is -0.494 e. The van der Waals surface area contributed by atoms with Crippen LogP contribution >= 0.6 is 0 Å². The monoisotopic (exact) mass is 360 g/mol. The maximum atomic E-state index is 12.2. The Labute approximate surface area is 157 Å². The van der Waals surface area contributed by atoms with Crippen molar-refractivity contribution in [3.63, 3.8) is 0 Å². The van der Waals surface area contributed by atoms with E-state index in [0.717, 1.165) is 33.8 Å². The molecule has 6 nitrogen and oxygen atoms in total. The first-order valence-electron chi connectivity index (χ1n) is 8.98. The van der Waals surface area contributed by atoms with Crippen molar-refractivity contribution in [2.24, 2.45) is 5.10 Å². The molecular weight excluding hydrogens is 340 g/mol. The number of ether oxygens (including phenoxy) is 1. The molecule has 27 heavy (non-hydrogen) atoms. The van der Waals surface area contributed by atoms with Crippen molar-refractivity contribution in [2.75, 3.05) is 6.61 Å². The van der Waals surface area contributed by atoms with Gasteiger partial charge in [-0.2, -0.15) is 5.10 Å². The molecule has 0 N–H and O–H groups in total. The predicted molar refractivity (Wildman–Crippen MR) is 104 cm³/mol. The van der Waals surface area contributed by atoms with Crippen LogP contribution in [0.2, 0.25) is 0 Å². The summed E-state index contributed by atoms with van der Waals surface area (Å²) in [4.78, 5) is 21.3. The van der Waals surface area contributed by atoms with Crippen molar-refractivity contribution in [3.8, 4) is 5.75 Å². The molecule has 6 heteroatoms. The molecule has 0 saturated heterocycles. The van der Waals surface area contributed by atoms with E-state index in [1.54, 1.807) is 6.20 Å². The number of hydrogen-bond donors (Lipinski definition) is 0. The van der Waals surface area contributed by atoms with E-state index in [2.05, 4.69) is 10.1 Å². The molecule has 0 spiro atoms. The lowest BCUT2D eigenvalue weighted by molar-refractivity contribution is -0.130. The van der Waals surface area contributed by atoms with Gasteiger partial charge in [-0.25, -0.2) is 9.99 Å². The lowest BCUT2D eigenvalue weighted by Gasteiger charge is -2.19. The minimum atomic E-state index is -0.249. The summed E-state index contributed by atoms with van der Waals surface area (Å²) >= 11 is 0. The zero-order valence-electron chi connectivity index (χ0n) is 15.3. The van der Waals surface area contributed by atoms with Gasteiger partial charge in [-0.05, 0) is 48.9 Å². The Bertz CT molecular complexity index is 1010. The van der Waals surface area contributed by atoms with Crippen molar-refractivity contribution in [3.05, 3.63) is 66.0 Å². The van der Waals surface area contributed by atoms with Gasteiger partial charge in [0.1, 0.15) is 11.8 Å². The second kappa shape index (κ2) is 7.15. The summed E-state index contributed by atoms with van der Waals surface area (Å²) in [6, 6.07) is 15.2. The fourth-order valence-electron chi connectivity index (χ4n) is 3.25. The summed E-state index contributed by atoms with van der Waals surface area (Å²) in [5.74, 6) is 0.705. The van der Waals surface area contributed by atoms with Crippen LogP contribution in [-0.4, -0.2) is 33.2 Å². The molecule has 2 aromatic carbocycles. The molecule has 0 aliphatic carbocycles. The zero-order chi connectivity index (χ0) is 18.8. The molecule has 4 rings (SSSR count). The number of aromatic nitrogens is 2. The SMILES string of the molecule is CCOc1ccc(C2=NN(C(C)=O)C(c3cnc4ccccc4n3)C2)cc1. The normalized spacial score (nSPS) is 16.4. The summed E-state index contributed by atoms with van der Waals surface area (Å²) in [5, 5.41) is 6.07. The molecule has 3 aromatic rings. The highest BCUT2D eigenvalue weighted by Crippen LogP contribution is 2.32. The van der Waals surface area contributed by atoms with Crippen molar-refractivity contribution in [2.45, 2.75) is 26.3 Å². The molecule has 0 saturated carbocycles. The van der Waals surface area contributed by atoms with Crippen LogP contribution in [0.5, 0.6) is 5.75 Å². The first-order chi connectivity index (χ1) is 13.2. The third kappa shape index (κ3) is 3.38. The van der Waals surface area contributed by atoms with Crippen molar-refractivity contribution in [1.82, 2.24) is 15.0 Å². The third-order valence-corrected chi connectivity index (χ3v) is 4.54. The van der Waals surface area contributed by atoms with Crippen LogP contribution in [0.4, 0.5) is 0 Å². The first kappa shape index (κ1) is 17.1. The number of amides is 1. The Morgan fingerprint density at radius 2 is 1.89 bits per heavy atom. The number of para-hydroxylation sites is 2. The molecule has 0 radical (unpaired) electrons. The highest BCUT2D eigenvalue weighted by atomic mass is 16.5. The summed E-state index contributed by atoms with van der Waals surface area (Å²) in [6.45, 7) is 4.10. The number of hydrazone groups is 1. The zero-order valence-corrected chi connectivity index (χ0v) is 15.3. The van der Waals surface area contributed by atoms with E-state index in [-0.39, 0.29) is 11.9 Å². The fraction of sp³-hybridized carbons (Fsp3) is 0.238. The van der Waals surface area contributed by atoms with Gasteiger partial charge in [0.2, 0.25) is 5.91 Å². The lowest BCUT2D eigenvalue weighted by Crippen LogP contribution is -2.25. The molecule has 1 atom stereocenters. The first-order valence-corrected chi connectivity index (χ1v) is 8.98. The second-order valence-electron chi connectivity index (χ2n) is 6.37. The lowest BCUT2D eigenvalue weighted by atomic mass is 10.0. The van der Waals surface area contributed by atoms with Gasteiger partial charge in [-0.1, -0.05) is 12.1 Å². The van der Waals surface area contributed by atoms with Gasteiger partial charge in [-0.15, -0.1) is 0 Å². The molecule has 2 heterocycles. The van der Waals surface area contributed by atoms with Crippen LogP contribution in [0.3, 0.4) is 0 Å². The van der Waals surface area contributed by atoms with Gasteiger partial charge >= 0.3 is 0 Å². The summed E-state index contributed by atoms with van der Waals surface area (Å²) < 4.78 is 5.49. The number of carbonyl (C=O) groups excluding carboxylic acids is 1. The topological polar surface area (TPSA) is 67.7 Å². The van der Waals surface area contributed by atoms with Crippen LogP contribution in [0, 0.1) is 0 Å². The van der Waals surface area contributed by atoms with Crippen LogP contribution < -0.4 is 4.74 Å². The predicted octanol–water partition coefficient (Wildman–Crippen LogP) is 3.73. The van der Waals surface area contributed by atoms with Crippen molar-refractivity contribution in [1.29, 1.82) is 0 Å². The summed E-state index contributed by atoms with van der Waals surface area (Å²) in [6.07, 6.45) is 2.33. The van der Waals surface area contributed by atoms with E-state index in [0.29, 0.717) is 13.0 Å². The van der Waals surface area contributed by atoms with Gasteiger partial charge in [0, 0.05) is 13.3 Å². The van der Waals surface area contributed by atoms with Gasteiger partial charge < -0.3 is 4.74 Å². The molecule has 1 aliphatic heterocycles. The molecule has 136 valence electrons. The van der Waals surface area contributed by atoms with Gasteiger partial charge in [0.15, 0.2) is 0 Å². The largest absolute Gasteiger partial charge is 0.494 e. The van der Waals surface area contributed by atoms with E-state index >= 15 is 0 Å². The average molecular weight is 360 g/mol. The van der Waals surface area contributed by atoms with Crippen LogP contribution in [0.25, 0.3) is 11.0 Å².